The van der Waals surface area contributed by atoms with E-state index in [2.05, 4.69) is 5.32 Å². The number of nitrogens with zero attached hydrogens (tertiary/aromatic N) is 2. The third-order valence-electron chi connectivity index (χ3n) is 8.24. The predicted octanol–water partition coefficient (Wildman–Crippen LogP) is 7.20. The fourth-order valence-corrected chi connectivity index (χ4v) is 7.35. The molecule has 7 nitrogen and oxygen atoms in total. The number of halogens is 2. The highest BCUT2D eigenvalue weighted by Crippen LogP contribution is 2.27. The van der Waals surface area contributed by atoms with E-state index < -0.39 is 28.5 Å². The summed E-state index contributed by atoms with van der Waals surface area (Å²) < 4.78 is 29.4. The highest BCUT2D eigenvalue weighted by Gasteiger charge is 2.35. The van der Waals surface area contributed by atoms with Crippen LogP contribution in [0.4, 0.5) is 5.69 Å². The lowest BCUT2D eigenvalue weighted by molar-refractivity contribution is -0.140. The molecule has 0 aliphatic heterocycles. The molecule has 1 N–H and O–H groups in total. The Morgan fingerprint density at radius 3 is 2.00 bits per heavy atom. The first-order valence-corrected chi connectivity index (χ1v) is 17.5. The van der Waals surface area contributed by atoms with E-state index in [1.54, 1.807) is 48.5 Å². The van der Waals surface area contributed by atoms with Gasteiger partial charge in [0.25, 0.3) is 10.0 Å². The Bertz CT molecular complexity index is 1730. The lowest BCUT2D eigenvalue weighted by atomic mass is 10.0. The Morgan fingerprint density at radius 2 is 1.39 bits per heavy atom. The molecule has 1 aliphatic carbocycles. The molecule has 10 heteroatoms. The van der Waals surface area contributed by atoms with E-state index >= 15 is 0 Å². The van der Waals surface area contributed by atoms with E-state index in [0.717, 1.165) is 46.7 Å². The van der Waals surface area contributed by atoms with Gasteiger partial charge in [-0.25, -0.2) is 8.42 Å². The van der Waals surface area contributed by atoms with Crippen molar-refractivity contribution in [3.05, 3.63) is 130 Å². The molecule has 240 valence electrons. The van der Waals surface area contributed by atoms with Crippen molar-refractivity contribution in [1.82, 2.24) is 10.2 Å². The number of nitrogens with one attached hydrogen (secondary N) is 1. The largest absolute Gasteiger partial charge is 0.352 e. The molecule has 0 aromatic heterocycles. The number of hydrogen-bond acceptors (Lipinski definition) is 4. The summed E-state index contributed by atoms with van der Waals surface area (Å²) in [7, 11) is -4.21. The van der Waals surface area contributed by atoms with Gasteiger partial charge in [-0.05, 0) is 79.4 Å². The fourth-order valence-electron chi connectivity index (χ4n) is 5.68. The van der Waals surface area contributed by atoms with Crippen molar-refractivity contribution in [2.45, 2.75) is 62.6 Å². The van der Waals surface area contributed by atoms with Crippen LogP contribution in [-0.4, -0.2) is 43.8 Å². The average Bonchev–Trinajstić information content (AvgIpc) is 3.56. The van der Waals surface area contributed by atoms with E-state index in [-0.39, 0.29) is 29.8 Å². The van der Waals surface area contributed by atoms with E-state index in [1.165, 1.54) is 29.2 Å². The van der Waals surface area contributed by atoms with Gasteiger partial charge in [0.05, 0.1) is 10.6 Å². The van der Waals surface area contributed by atoms with E-state index in [1.807, 2.05) is 37.3 Å². The third-order valence-corrected chi connectivity index (χ3v) is 10.5. The maximum Gasteiger partial charge on any atom is 0.264 e. The van der Waals surface area contributed by atoms with Crippen LogP contribution in [0.15, 0.2) is 108 Å². The molecule has 0 saturated heterocycles. The van der Waals surface area contributed by atoms with Gasteiger partial charge in [0.2, 0.25) is 11.8 Å². The van der Waals surface area contributed by atoms with Crippen molar-refractivity contribution in [2.24, 2.45) is 0 Å². The van der Waals surface area contributed by atoms with Gasteiger partial charge in [-0.15, -0.1) is 0 Å². The molecule has 0 unspecified atom stereocenters. The fraction of sp³-hybridized carbons (Fsp3) is 0.278. The molecule has 0 spiro atoms. The Labute approximate surface area is 281 Å². The first kappa shape index (κ1) is 33.5. The minimum Gasteiger partial charge on any atom is -0.352 e. The number of carbonyl (C=O) groups is 2. The van der Waals surface area contributed by atoms with Crippen molar-refractivity contribution in [1.29, 1.82) is 0 Å². The van der Waals surface area contributed by atoms with Gasteiger partial charge >= 0.3 is 0 Å². The van der Waals surface area contributed by atoms with Crippen LogP contribution in [0.2, 0.25) is 10.0 Å². The van der Waals surface area contributed by atoms with Gasteiger partial charge in [0.1, 0.15) is 12.6 Å². The summed E-state index contributed by atoms with van der Waals surface area (Å²) in [6.07, 6.45) is 4.10. The van der Waals surface area contributed by atoms with Crippen LogP contribution in [0, 0.1) is 6.92 Å². The number of carbonyl (C=O) groups excluding carboxylic acids is 2. The quantitative estimate of drug-likeness (QED) is 0.172. The smallest absolute Gasteiger partial charge is 0.264 e. The zero-order valence-electron chi connectivity index (χ0n) is 25.6. The van der Waals surface area contributed by atoms with Crippen molar-refractivity contribution >= 4 is 50.7 Å². The van der Waals surface area contributed by atoms with Crippen molar-refractivity contribution in [2.75, 3.05) is 10.8 Å². The SMILES string of the molecule is Cc1ccc(N(CC(=O)N(Cc2ccc(Cl)cc2)[C@@H](Cc2ccccc2)C(=O)NC2CCCC2)S(=O)(=O)c2ccc(Cl)cc2)cc1. The number of sulfonamides is 1. The molecule has 2 amide bonds. The highest BCUT2D eigenvalue weighted by atomic mass is 35.5. The molecule has 46 heavy (non-hydrogen) atoms. The monoisotopic (exact) mass is 677 g/mol. The van der Waals surface area contributed by atoms with Crippen LogP contribution >= 0.6 is 23.2 Å². The minimum atomic E-state index is -4.21. The zero-order valence-corrected chi connectivity index (χ0v) is 27.9. The normalized spacial score (nSPS) is 14.1. The zero-order chi connectivity index (χ0) is 32.7. The van der Waals surface area contributed by atoms with Gasteiger partial charge in [-0.2, -0.15) is 0 Å². The van der Waals surface area contributed by atoms with Crippen molar-refractivity contribution < 1.29 is 18.0 Å². The molecule has 0 radical (unpaired) electrons. The van der Waals surface area contributed by atoms with Crippen LogP contribution in [0.25, 0.3) is 0 Å². The predicted molar refractivity (Wildman–Crippen MR) is 183 cm³/mol. The molecular formula is C36H37Cl2N3O4S. The van der Waals surface area contributed by atoms with Crippen molar-refractivity contribution in [3.63, 3.8) is 0 Å². The van der Waals surface area contributed by atoms with E-state index in [0.29, 0.717) is 15.7 Å². The Morgan fingerprint density at radius 1 is 0.804 bits per heavy atom. The maximum absolute atomic E-state index is 14.6. The second-order valence-electron chi connectivity index (χ2n) is 11.6. The van der Waals surface area contributed by atoms with Gasteiger partial charge in [-0.3, -0.25) is 13.9 Å². The molecule has 1 atom stereocenters. The number of benzene rings is 4. The summed E-state index contributed by atoms with van der Waals surface area (Å²) in [4.78, 5) is 30.1. The third kappa shape index (κ3) is 8.49. The number of anilines is 1. The number of aryl methyl sites for hydroxylation is 1. The maximum atomic E-state index is 14.6. The molecule has 1 saturated carbocycles. The second-order valence-corrected chi connectivity index (χ2v) is 14.4. The Kier molecular flexibility index (Phi) is 11.0. The van der Waals surface area contributed by atoms with Gasteiger partial charge < -0.3 is 10.2 Å². The van der Waals surface area contributed by atoms with E-state index in [9.17, 15) is 18.0 Å². The van der Waals surface area contributed by atoms with E-state index in [4.69, 9.17) is 23.2 Å². The molecule has 5 rings (SSSR count). The van der Waals surface area contributed by atoms with Crippen LogP contribution in [0.3, 0.4) is 0 Å². The van der Waals surface area contributed by atoms with Gasteiger partial charge in [0.15, 0.2) is 0 Å². The van der Waals surface area contributed by atoms with Gasteiger partial charge in [0, 0.05) is 29.1 Å². The summed E-state index contributed by atoms with van der Waals surface area (Å²) in [5, 5.41) is 4.12. The number of amides is 2. The lowest BCUT2D eigenvalue weighted by Crippen LogP contribution is -2.54. The molecule has 0 bridgehead atoms. The minimum absolute atomic E-state index is 0.00524. The topological polar surface area (TPSA) is 86.8 Å². The highest BCUT2D eigenvalue weighted by molar-refractivity contribution is 7.92. The van der Waals surface area contributed by atoms with Crippen LogP contribution in [-0.2, 0) is 32.6 Å². The summed E-state index contributed by atoms with van der Waals surface area (Å²) in [5.41, 5.74) is 2.91. The van der Waals surface area contributed by atoms with Crippen LogP contribution in [0.5, 0.6) is 0 Å². The summed E-state index contributed by atoms with van der Waals surface area (Å²) >= 11 is 12.2. The average molecular weight is 679 g/mol. The van der Waals surface area contributed by atoms with Gasteiger partial charge in [-0.1, -0.05) is 96.2 Å². The lowest BCUT2D eigenvalue weighted by Gasteiger charge is -2.34. The molecular weight excluding hydrogens is 641 g/mol. The van der Waals surface area contributed by atoms with Crippen LogP contribution in [0.1, 0.15) is 42.4 Å². The van der Waals surface area contributed by atoms with Crippen molar-refractivity contribution in [3.8, 4) is 0 Å². The molecule has 1 aliphatic rings. The summed E-state index contributed by atoms with van der Waals surface area (Å²) in [6.45, 7) is 1.45. The molecule has 4 aromatic rings. The molecule has 0 heterocycles. The standard InChI is InChI=1S/C36H37Cl2N3O4S/c1-26-11-19-32(20-12-26)41(46(44,45)33-21-17-30(38)18-22-33)25-35(42)40(24-28-13-15-29(37)16-14-28)34(23-27-7-3-2-4-8-27)36(43)39-31-9-5-6-10-31/h2-4,7-8,11-22,31,34H,5-6,9-10,23-25H2,1H3,(H,39,43)/t34-/m0/s1. The molecule has 1 fully saturated rings. The Hall–Kier alpha value is -3.85. The molecule has 4 aromatic carbocycles. The summed E-state index contributed by atoms with van der Waals surface area (Å²) in [6, 6.07) is 28.5. The summed E-state index contributed by atoms with van der Waals surface area (Å²) in [5.74, 6) is -0.781. The first-order chi connectivity index (χ1) is 22.1. The number of rotatable bonds is 12. The first-order valence-electron chi connectivity index (χ1n) is 15.3. The number of hydrogen-bond donors (Lipinski definition) is 1. The second kappa shape index (κ2) is 15.2. The van der Waals surface area contributed by atoms with Crippen LogP contribution < -0.4 is 9.62 Å². The Balaban J connectivity index is 1.55.